The van der Waals surface area contributed by atoms with Crippen LogP contribution in [0, 0.1) is 12.7 Å². The quantitative estimate of drug-likeness (QED) is 0.439. The summed E-state index contributed by atoms with van der Waals surface area (Å²) in [5.41, 5.74) is 6.76. The van der Waals surface area contributed by atoms with Gasteiger partial charge in [0.05, 0.1) is 36.9 Å². The van der Waals surface area contributed by atoms with Gasteiger partial charge in [-0.05, 0) is 43.7 Å². The number of nitrogens with zero attached hydrogens (tertiary/aromatic N) is 2. The summed E-state index contributed by atoms with van der Waals surface area (Å²) < 4.78 is 52.8. The van der Waals surface area contributed by atoms with E-state index < -0.39 is 23.8 Å². The molecule has 1 unspecified atom stereocenters. The number of morpholine rings is 1. The van der Waals surface area contributed by atoms with Crippen molar-refractivity contribution < 1.29 is 22.6 Å². The van der Waals surface area contributed by atoms with E-state index >= 15 is 0 Å². The molecule has 1 aliphatic rings. The van der Waals surface area contributed by atoms with Gasteiger partial charge in [0.1, 0.15) is 23.2 Å². The molecule has 0 bridgehead atoms. The predicted molar refractivity (Wildman–Crippen MR) is 125 cm³/mol. The largest absolute Gasteiger partial charge is 0.496 e. The summed E-state index contributed by atoms with van der Waals surface area (Å²) in [7, 11) is 1.59. The number of alkyl halides is 2. The summed E-state index contributed by atoms with van der Waals surface area (Å²) in [6, 6.07) is 5.39. The van der Waals surface area contributed by atoms with Crippen molar-refractivity contribution in [3.05, 3.63) is 52.6 Å². The molecule has 0 amide bonds. The lowest BCUT2D eigenvalue weighted by Crippen LogP contribution is -2.39. The number of benzene rings is 2. The van der Waals surface area contributed by atoms with Crippen LogP contribution in [0.15, 0.2) is 24.3 Å². The maximum absolute atomic E-state index is 14.8. The molecule has 3 aromatic rings. The number of fused-ring (bicyclic) bond motifs is 1. The minimum atomic E-state index is -2.97. The zero-order chi connectivity index (χ0) is 24.4. The van der Waals surface area contributed by atoms with E-state index in [2.05, 4.69) is 20.6 Å². The average molecular weight is 476 g/mol. The zero-order valence-corrected chi connectivity index (χ0v) is 19.3. The third kappa shape index (κ3) is 5.02. The van der Waals surface area contributed by atoms with Crippen LogP contribution in [-0.2, 0) is 11.2 Å². The number of ether oxygens (including phenoxy) is 2. The van der Waals surface area contributed by atoms with Gasteiger partial charge in [-0.3, -0.25) is 0 Å². The van der Waals surface area contributed by atoms with Crippen LogP contribution in [0.5, 0.6) is 5.75 Å². The van der Waals surface area contributed by atoms with Crippen LogP contribution in [0.3, 0.4) is 0 Å². The number of aromatic nitrogens is 2. The van der Waals surface area contributed by atoms with Crippen LogP contribution in [0.25, 0.3) is 10.9 Å². The second-order valence-corrected chi connectivity index (χ2v) is 8.38. The molecule has 10 heteroatoms. The topological polar surface area (TPSA) is 94.3 Å². The van der Waals surface area contributed by atoms with Crippen molar-refractivity contribution in [2.24, 2.45) is 0 Å². The second-order valence-electron chi connectivity index (χ2n) is 8.38. The summed E-state index contributed by atoms with van der Waals surface area (Å²) in [4.78, 5) is 9.04. The minimum absolute atomic E-state index is 0.0243. The van der Waals surface area contributed by atoms with E-state index in [0.29, 0.717) is 41.3 Å². The highest BCUT2D eigenvalue weighted by Crippen LogP contribution is 2.34. The number of anilines is 2. The van der Waals surface area contributed by atoms with Gasteiger partial charge in [0.2, 0.25) is 0 Å². The van der Waals surface area contributed by atoms with Gasteiger partial charge in [-0.1, -0.05) is 0 Å². The van der Waals surface area contributed by atoms with Crippen molar-refractivity contribution in [3.8, 4) is 5.75 Å². The Morgan fingerprint density at radius 3 is 2.68 bits per heavy atom. The highest BCUT2D eigenvalue weighted by atomic mass is 19.3. The molecule has 7 nitrogen and oxygen atoms in total. The van der Waals surface area contributed by atoms with E-state index in [1.54, 1.807) is 21.0 Å². The van der Waals surface area contributed by atoms with E-state index in [-0.39, 0.29) is 17.4 Å². The molecule has 2 heterocycles. The molecule has 0 saturated carbocycles. The maximum atomic E-state index is 14.8. The van der Waals surface area contributed by atoms with Crippen LogP contribution in [0.1, 0.15) is 41.9 Å². The summed E-state index contributed by atoms with van der Waals surface area (Å²) in [6.07, 6.45) is -2.29. The Labute approximate surface area is 195 Å². The van der Waals surface area contributed by atoms with Crippen molar-refractivity contribution in [1.29, 1.82) is 0 Å². The van der Waals surface area contributed by atoms with Gasteiger partial charge >= 0.3 is 0 Å². The SMILES string of the molecule is COc1cc2c(NC(C)c3cc(N)cc(C(F)F)c3F)nc(C)nc2cc1C[C@@H]1CNCCO1. The lowest BCUT2D eigenvalue weighted by Gasteiger charge is -2.24. The normalized spacial score (nSPS) is 17.2. The van der Waals surface area contributed by atoms with Gasteiger partial charge in [0.25, 0.3) is 6.43 Å². The third-order valence-corrected chi connectivity index (χ3v) is 5.87. The summed E-state index contributed by atoms with van der Waals surface area (Å²) in [6.45, 7) is 5.65. The molecule has 2 atom stereocenters. The summed E-state index contributed by atoms with van der Waals surface area (Å²) >= 11 is 0. The first-order valence-corrected chi connectivity index (χ1v) is 11.1. The Hall–Kier alpha value is -3.11. The molecular weight excluding hydrogens is 447 g/mol. The molecule has 1 aliphatic heterocycles. The van der Waals surface area contributed by atoms with Crippen LogP contribution in [0.2, 0.25) is 0 Å². The van der Waals surface area contributed by atoms with Crippen molar-refractivity contribution in [2.75, 3.05) is 37.9 Å². The van der Waals surface area contributed by atoms with Gasteiger partial charge in [0, 0.05) is 36.1 Å². The average Bonchev–Trinajstić information content (AvgIpc) is 2.80. The van der Waals surface area contributed by atoms with E-state index in [0.717, 1.165) is 24.7 Å². The molecule has 4 N–H and O–H groups in total. The number of nitrogens with one attached hydrogen (secondary N) is 2. The highest BCUT2D eigenvalue weighted by Gasteiger charge is 2.23. The number of aryl methyl sites for hydroxylation is 1. The molecule has 1 fully saturated rings. The van der Waals surface area contributed by atoms with Crippen molar-refractivity contribution in [2.45, 2.75) is 38.8 Å². The van der Waals surface area contributed by atoms with Gasteiger partial charge in [-0.2, -0.15) is 0 Å². The van der Waals surface area contributed by atoms with E-state index in [4.69, 9.17) is 15.2 Å². The fourth-order valence-corrected chi connectivity index (χ4v) is 4.22. The minimum Gasteiger partial charge on any atom is -0.496 e. The number of rotatable bonds is 7. The van der Waals surface area contributed by atoms with Crippen LogP contribution < -0.4 is 21.1 Å². The molecule has 182 valence electrons. The second kappa shape index (κ2) is 10.0. The Balaban J connectivity index is 1.70. The summed E-state index contributed by atoms with van der Waals surface area (Å²) in [5.74, 6) is 0.617. The number of halogens is 3. The van der Waals surface area contributed by atoms with Crippen molar-refractivity contribution in [1.82, 2.24) is 15.3 Å². The van der Waals surface area contributed by atoms with Crippen LogP contribution >= 0.6 is 0 Å². The Bertz CT molecular complexity index is 1190. The molecular formula is C24H28F3N5O2. The first-order valence-electron chi connectivity index (χ1n) is 11.1. The van der Waals surface area contributed by atoms with Crippen LogP contribution in [0.4, 0.5) is 24.7 Å². The maximum Gasteiger partial charge on any atom is 0.266 e. The number of nitrogens with two attached hydrogens (primary N) is 1. The number of nitrogen functional groups attached to an aromatic ring is 1. The smallest absolute Gasteiger partial charge is 0.266 e. The predicted octanol–water partition coefficient (Wildman–Crippen LogP) is 4.31. The first-order chi connectivity index (χ1) is 16.3. The van der Waals surface area contributed by atoms with E-state index in [1.165, 1.54) is 6.07 Å². The van der Waals surface area contributed by atoms with Crippen LogP contribution in [-0.4, -0.2) is 42.9 Å². The fourth-order valence-electron chi connectivity index (χ4n) is 4.22. The van der Waals surface area contributed by atoms with Gasteiger partial charge in [0.15, 0.2) is 0 Å². The lowest BCUT2D eigenvalue weighted by molar-refractivity contribution is 0.0289. The molecule has 2 aromatic carbocycles. The van der Waals surface area contributed by atoms with E-state index in [9.17, 15) is 13.2 Å². The van der Waals surface area contributed by atoms with Gasteiger partial charge in [-0.15, -0.1) is 0 Å². The van der Waals surface area contributed by atoms with Gasteiger partial charge < -0.3 is 25.8 Å². The van der Waals surface area contributed by atoms with E-state index in [1.807, 2.05) is 12.1 Å². The summed E-state index contributed by atoms with van der Waals surface area (Å²) in [5, 5.41) is 7.13. The molecule has 0 radical (unpaired) electrons. The number of hydrogen-bond acceptors (Lipinski definition) is 7. The lowest BCUT2D eigenvalue weighted by atomic mass is 10.0. The molecule has 0 aliphatic carbocycles. The van der Waals surface area contributed by atoms with Gasteiger partial charge in [-0.25, -0.2) is 23.1 Å². The molecule has 1 saturated heterocycles. The zero-order valence-electron chi connectivity index (χ0n) is 19.3. The molecule has 4 rings (SSSR count). The molecule has 0 spiro atoms. The Morgan fingerprint density at radius 1 is 1.24 bits per heavy atom. The monoisotopic (exact) mass is 475 g/mol. The standard InChI is InChI=1S/C24H28F3N5O2/c1-12(17-8-15(28)9-19(22(17)25)23(26)27)30-24-18-10-21(33-3)14(6-16-11-29-4-5-34-16)7-20(18)31-13(2)32-24/h7-10,12,16,23,29H,4-6,11,28H2,1-3H3,(H,30,31,32)/t12?,16-/m1/s1. The fraction of sp³-hybridized carbons (Fsp3) is 0.417. The van der Waals surface area contributed by atoms with Crippen molar-refractivity contribution in [3.63, 3.8) is 0 Å². The third-order valence-electron chi connectivity index (χ3n) is 5.87. The number of methoxy groups -OCH3 is 1. The van der Waals surface area contributed by atoms with Crippen molar-refractivity contribution >= 4 is 22.4 Å². The molecule has 34 heavy (non-hydrogen) atoms. The Morgan fingerprint density at radius 2 is 2.00 bits per heavy atom. The first kappa shape index (κ1) is 24.0. The highest BCUT2D eigenvalue weighted by molar-refractivity contribution is 5.91. The molecule has 1 aromatic heterocycles. The Kier molecular flexibility index (Phi) is 7.08. The number of hydrogen-bond donors (Lipinski definition) is 3.